The molecule has 1 nitrogen and oxygen atoms in total. The number of carbonyl (C=O) groups excluding carboxylic acids is 1. The molecule has 8 unspecified atom stereocenters. The van der Waals surface area contributed by atoms with Crippen molar-refractivity contribution in [1.29, 1.82) is 0 Å². The lowest BCUT2D eigenvalue weighted by molar-refractivity contribution is -0.135. The minimum absolute atomic E-state index is 0.332. The van der Waals surface area contributed by atoms with E-state index in [0.717, 1.165) is 29.6 Å². The zero-order valence-electron chi connectivity index (χ0n) is 17.7. The predicted octanol–water partition coefficient (Wildman–Crippen LogP) is 6.90. The third kappa shape index (κ3) is 2.92. The van der Waals surface area contributed by atoms with Gasteiger partial charge in [0.1, 0.15) is 5.78 Å². The van der Waals surface area contributed by atoms with E-state index < -0.39 is 0 Å². The highest BCUT2D eigenvalue weighted by Crippen LogP contribution is 2.67. The van der Waals surface area contributed by atoms with Crippen LogP contribution in [0.15, 0.2) is 0 Å². The molecule has 0 N–H and O–H groups in total. The third-order valence-electron chi connectivity index (χ3n) is 9.42. The summed E-state index contributed by atoms with van der Waals surface area (Å²) < 4.78 is 0. The SMILES string of the molecule is CC.CC(=O)C1CCC2C3CCC4CC(C)CCC4(C)C3CCC12C. The van der Waals surface area contributed by atoms with Crippen molar-refractivity contribution in [3.8, 4) is 0 Å². The molecule has 0 aliphatic heterocycles. The first-order valence-electron chi connectivity index (χ1n) is 11.4. The molecule has 4 rings (SSSR count). The van der Waals surface area contributed by atoms with Gasteiger partial charge in [-0.05, 0) is 98.7 Å². The van der Waals surface area contributed by atoms with Crippen LogP contribution in [-0.2, 0) is 4.79 Å². The van der Waals surface area contributed by atoms with Crippen LogP contribution in [0.4, 0.5) is 0 Å². The van der Waals surface area contributed by atoms with Gasteiger partial charge in [0.05, 0.1) is 0 Å². The van der Waals surface area contributed by atoms with Crippen LogP contribution in [0, 0.1) is 46.3 Å². The number of ketones is 1. The van der Waals surface area contributed by atoms with E-state index in [1.807, 2.05) is 20.8 Å². The standard InChI is InChI=1S/C22H36O.C2H6/c1-14-9-11-21(3)16(13-14)5-6-17-19-8-7-18(15(2)23)22(19,4)12-10-20(17)21;1-2/h14,16-20H,5-13H2,1-4H3;1-2H3. The molecule has 0 amide bonds. The van der Waals surface area contributed by atoms with Gasteiger partial charge in [0.15, 0.2) is 0 Å². The smallest absolute Gasteiger partial charge is 0.133 e. The highest BCUT2D eigenvalue weighted by Gasteiger charge is 2.60. The maximum Gasteiger partial charge on any atom is 0.133 e. The minimum Gasteiger partial charge on any atom is -0.300 e. The molecule has 4 aliphatic carbocycles. The average molecular weight is 347 g/mol. The Labute approximate surface area is 156 Å². The lowest BCUT2D eigenvalue weighted by atomic mass is 9.44. The van der Waals surface area contributed by atoms with Gasteiger partial charge in [-0.2, -0.15) is 0 Å². The molecule has 0 saturated heterocycles. The minimum atomic E-state index is 0.332. The lowest BCUT2D eigenvalue weighted by Crippen LogP contribution is -2.53. The molecule has 4 saturated carbocycles. The molecule has 0 bridgehead atoms. The first kappa shape index (κ1) is 19.4. The van der Waals surface area contributed by atoms with Gasteiger partial charge >= 0.3 is 0 Å². The second-order valence-corrected chi connectivity index (χ2v) is 10.3. The zero-order valence-corrected chi connectivity index (χ0v) is 17.7. The van der Waals surface area contributed by atoms with Crippen LogP contribution in [0.3, 0.4) is 0 Å². The van der Waals surface area contributed by atoms with Crippen molar-refractivity contribution in [3.63, 3.8) is 0 Å². The van der Waals surface area contributed by atoms with Crippen LogP contribution in [0.25, 0.3) is 0 Å². The molecule has 0 heterocycles. The molecular formula is C24H42O. The molecule has 1 heteroatoms. The first-order valence-corrected chi connectivity index (χ1v) is 11.4. The van der Waals surface area contributed by atoms with E-state index in [1.165, 1.54) is 57.8 Å². The van der Waals surface area contributed by atoms with E-state index in [4.69, 9.17) is 0 Å². The van der Waals surface area contributed by atoms with Gasteiger partial charge in [0.25, 0.3) is 0 Å². The van der Waals surface area contributed by atoms with Gasteiger partial charge in [-0.15, -0.1) is 0 Å². The fourth-order valence-corrected chi connectivity index (χ4v) is 8.14. The molecule has 4 aliphatic rings. The molecule has 0 aromatic heterocycles. The van der Waals surface area contributed by atoms with Gasteiger partial charge in [-0.25, -0.2) is 0 Å². The van der Waals surface area contributed by atoms with Crippen molar-refractivity contribution in [1.82, 2.24) is 0 Å². The number of Topliss-reactive ketones (excluding diaryl/α,β-unsaturated/α-hetero) is 1. The van der Waals surface area contributed by atoms with Crippen LogP contribution in [-0.4, -0.2) is 5.78 Å². The normalized spacial score (nSPS) is 51.4. The van der Waals surface area contributed by atoms with Crippen molar-refractivity contribution in [2.24, 2.45) is 46.3 Å². The summed E-state index contributed by atoms with van der Waals surface area (Å²) >= 11 is 0. The van der Waals surface area contributed by atoms with Gasteiger partial charge < -0.3 is 0 Å². The number of fused-ring (bicyclic) bond motifs is 5. The fraction of sp³-hybridized carbons (Fsp3) is 0.958. The lowest BCUT2D eigenvalue weighted by Gasteiger charge is -2.61. The Morgan fingerprint density at radius 3 is 2.16 bits per heavy atom. The van der Waals surface area contributed by atoms with Crippen molar-refractivity contribution in [3.05, 3.63) is 0 Å². The summed E-state index contributed by atoms with van der Waals surface area (Å²) in [4.78, 5) is 12.2. The zero-order chi connectivity index (χ0) is 18.4. The number of rotatable bonds is 1. The molecule has 0 spiro atoms. The molecule has 144 valence electrons. The summed E-state index contributed by atoms with van der Waals surface area (Å²) in [6.07, 6.45) is 12.6. The van der Waals surface area contributed by atoms with Crippen LogP contribution in [0.2, 0.25) is 0 Å². The van der Waals surface area contributed by atoms with Crippen LogP contribution >= 0.6 is 0 Å². The Kier molecular flexibility index (Phi) is 5.45. The maximum absolute atomic E-state index is 12.2. The second-order valence-electron chi connectivity index (χ2n) is 10.3. The van der Waals surface area contributed by atoms with Crippen molar-refractivity contribution < 1.29 is 4.79 Å². The molecule has 0 aromatic carbocycles. The molecule has 4 fully saturated rings. The summed E-state index contributed by atoms with van der Waals surface area (Å²) in [7, 11) is 0. The summed E-state index contributed by atoms with van der Waals surface area (Å²) in [5.74, 6) is 5.50. The Hall–Kier alpha value is -0.330. The Morgan fingerprint density at radius 2 is 1.48 bits per heavy atom. The number of carbonyl (C=O) groups is 1. The van der Waals surface area contributed by atoms with Crippen LogP contribution in [0.5, 0.6) is 0 Å². The molecule has 0 aromatic rings. The van der Waals surface area contributed by atoms with E-state index in [0.29, 0.717) is 22.5 Å². The monoisotopic (exact) mass is 346 g/mol. The predicted molar refractivity (Wildman–Crippen MR) is 106 cm³/mol. The van der Waals surface area contributed by atoms with Crippen molar-refractivity contribution in [2.75, 3.05) is 0 Å². The number of hydrogen-bond acceptors (Lipinski definition) is 1. The quantitative estimate of drug-likeness (QED) is 0.505. The Morgan fingerprint density at radius 1 is 0.840 bits per heavy atom. The Balaban J connectivity index is 0.000000880. The van der Waals surface area contributed by atoms with Crippen molar-refractivity contribution in [2.45, 2.75) is 99.3 Å². The van der Waals surface area contributed by atoms with Gasteiger partial charge in [-0.1, -0.05) is 41.0 Å². The first-order chi connectivity index (χ1) is 11.9. The fourth-order valence-electron chi connectivity index (χ4n) is 8.14. The molecule has 0 radical (unpaired) electrons. The second kappa shape index (κ2) is 7.01. The van der Waals surface area contributed by atoms with E-state index in [9.17, 15) is 4.79 Å². The van der Waals surface area contributed by atoms with Gasteiger partial charge in [0.2, 0.25) is 0 Å². The Bertz CT molecular complexity index is 496. The van der Waals surface area contributed by atoms with E-state index in [2.05, 4.69) is 20.8 Å². The van der Waals surface area contributed by atoms with Gasteiger partial charge in [0, 0.05) is 5.92 Å². The van der Waals surface area contributed by atoms with E-state index >= 15 is 0 Å². The number of hydrogen-bond donors (Lipinski definition) is 0. The van der Waals surface area contributed by atoms with E-state index in [-0.39, 0.29) is 0 Å². The van der Waals surface area contributed by atoms with Crippen molar-refractivity contribution >= 4 is 5.78 Å². The van der Waals surface area contributed by atoms with Crippen LogP contribution in [0.1, 0.15) is 99.3 Å². The van der Waals surface area contributed by atoms with Crippen LogP contribution < -0.4 is 0 Å². The maximum atomic E-state index is 12.2. The molecule has 25 heavy (non-hydrogen) atoms. The topological polar surface area (TPSA) is 17.1 Å². The van der Waals surface area contributed by atoms with E-state index in [1.54, 1.807) is 0 Å². The largest absolute Gasteiger partial charge is 0.300 e. The summed E-state index contributed by atoms with van der Waals surface area (Å²) in [6.45, 7) is 13.5. The molecular weight excluding hydrogens is 304 g/mol. The summed E-state index contributed by atoms with van der Waals surface area (Å²) in [6, 6.07) is 0. The van der Waals surface area contributed by atoms with Gasteiger partial charge in [-0.3, -0.25) is 4.79 Å². The highest BCUT2D eigenvalue weighted by molar-refractivity contribution is 5.79. The molecule has 8 atom stereocenters. The summed E-state index contributed by atoms with van der Waals surface area (Å²) in [5, 5.41) is 0. The average Bonchev–Trinajstić information content (AvgIpc) is 2.95. The highest BCUT2D eigenvalue weighted by atomic mass is 16.1. The third-order valence-corrected chi connectivity index (χ3v) is 9.42. The summed E-state index contributed by atoms with van der Waals surface area (Å²) in [5.41, 5.74) is 0.948.